The summed E-state index contributed by atoms with van der Waals surface area (Å²) in [5.41, 5.74) is 0.340. The van der Waals surface area contributed by atoms with Crippen molar-refractivity contribution < 1.29 is 9.59 Å². The Morgan fingerprint density at radius 1 is 1.33 bits per heavy atom. The molecule has 0 aliphatic carbocycles. The fourth-order valence-electron chi connectivity index (χ4n) is 1.20. The van der Waals surface area contributed by atoms with Gasteiger partial charge < -0.3 is 10.6 Å². The van der Waals surface area contributed by atoms with Crippen LogP contribution in [-0.2, 0) is 4.79 Å². The van der Waals surface area contributed by atoms with E-state index in [4.69, 9.17) is 0 Å². The number of nitrogens with one attached hydrogen (secondary N) is 2. The minimum atomic E-state index is -0.263. The average molecular weight is 314 g/mol. The van der Waals surface area contributed by atoms with Gasteiger partial charge in [0.15, 0.2) is 0 Å². The highest BCUT2D eigenvalue weighted by Gasteiger charge is 2.10. The van der Waals surface area contributed by atoms with Gasteiger partial charge in [-0.3, -0.25) is 9.59 Å². The minimum absolute atomic E-state index is 0.0248. The molecule has 98 valence electrons. The van der Waals surface area contributed by atoms with E-state index < -0.39 is 0 Å². The van der Waals surface area contributed by atoms with E-state index in [0.717, 1.165) is 0 Å². The van der Waals surface area contributed by atoms with Gasteiger partial charge >= 0.3 is 0 Å². The van der Waals surface area contributed by atoms with E-state index in [1.807, 2.05) is 13.8 Å². The topological polar surface area (TPSA) is 71.1 Å². The normalized spacial score (nSPS) is 10.2. The molecule has 0 fully saturated rings. The average Bonchev–Trinajstić information content (AvgIpc) is 2.34. The summed E-state index contributed by atoms with van der Waals surface area (Å²) in [5, 5.41) is 5.41. The molecular weight excluding hydrogens is 298 g/mol. The Morgan fingerprint density at radius 3 is 2.61 bits per heavy atom. The molecule has 1 heterocycles. The summed E-state index contributed by atoms with van der Waals surface area (Å²) in [7, 11) is 0. The third-order valence-electron chi connectivity index (χ3n) is 2.21. The molecule has 0 atom stereocenters. The second kappa shape index (κ2) is 7.10. The lowest BCUT2D eigenvalue weighted by molar-refractivity contribution is -0.123. The molecule has 6 heteroatoms. The van der Waals surface area contributed by atoms with Gasteiger partial charge in [-0.1, -0.05) is 13.8 Å². The van der Waals surface area contributed by atoms with Crippen molar-refractivity contribution >= 4 is 27.7 Å². The highest BCUT2D eigenvalue weighted by atomic mass is 79.9. The first-order valence-corrected chi connectivity index (χ1v) is 6.48. The zero-order valence-electron chi connectivity index (χ0n) is 10.4. The predicted octanol–water partition coefficient (Wildman–Crippen LogP) is 1.35. The summed E-state index contributed by atoms with van der Waals surface area (Å²) in [5.74, 6) is -0.338. The lowest BCUT2D eigenvalue weighted by atomic mass is 10.2. The number of aromatic nitrogens is 1. The lowest BCUT2D eigenvalue weighted by Gasteiger charge is -2.09. The molecule has 0 aliphatic rings. The van der Waals surface area contributed by atoms with Gasteiger partial charge in [-0.2, -0.15) is 0 Å². The van der Waals surface area contributed by atoms with E-state index >= 15 is 0 Å². The second-order valence-corrected chi connectivity index (χ2v) is 4.89. The molecule has 0 saturated carbocycles. The van der Waals surface area contributed by atoms with Crippen LogP contribution in [0.15, 0.2) is 22.8 Å². The summed E-state index contributed by atoms with van der Waals surface area (Å²) in [6, 6.07) is 3.49. The number of nitrogens with zero attached hydrogens (tertiary/aromatic N) is 1. The van der Waals surface area contributed by atoms with Gasteiger partial charge in [0.2, 0.25) is 5.91 Å². The predicted molar refractivity (Wildman–Crippen MR) is 72.1 cm³/mol. The molecule has 0 saturated heterocycles. The number of amides is 2. The van der Waals surface area contributed by atoms with E-state index in [0.29, 0.717) is 23.3 Å². The number of halogens is 1. The maximum Gasteiger partial charge on any atom is 0.271 e. The van der Waals surface area contributed by atoms with Crippen LogP contribution in [0.2, 0.25) is 0 Å². The van der Waals surface area contributed by atoms with E-state index in [1.165, 1.54) is 0 Å². The Morgan fingerprint density at radius 2 is 2.00 bits per heavy atom. The molecule has 2 N–H and O–H groups in total. The molecule has 0 spiro atoms. The van der Waals surface area contributed by atoms with Crippen LogP contribution >= 0.6 is 15.9 Å². The van der Waals surface area contributed by atoms with Gasteiger partial charge in [-0.05, 0) is 28.1 Å². The maximum atomic E-state index is 11.7. The van der Waals surface area contributed by atoms with Gasteiger partial charge in [0.1, 0.15) is 5.69 Å². The second-order valence-electron chi connectivity index (χ2n) is 4.04. The van der Waals surface area contributed by atoms with Crippen LogP contribution < -0.4 is 10.6 Å². The number of rotatable bonds is 5. The van der Waals surface area contributed by atoms with Crippen LogP contribution in [0.1, 0.15) is 24.3 Å². The number of hydrogen-bond acceptors (Lipinski definition) is 3. The number of hydrogen-bond donors (Lipinski definition) is 2. The lowest BCUT2D eigenvalue weighted by Crippen LogP contribution is -2.36. The van der Waals surface area contributed by atoms with Gasteiger partial charge in [-0.15, -0.1) is 0 Å². The van der Waals surface area contributed by atoms with Crippen molar-refractivity contribution in [3.8, 4) is 0 Å². The fraction of sp³-hybridized carbons (Fsp3) is 0.417. The van der Waals surface area contributed by atoms with E-state index in [1.54, 1.807) is 18.3 Å². The Balaban J connectivity index is 2.35. The molecular formula is C12H16BrN3O2. The third kappa shape index (κ3) is 4.44. The van der Waals surface area contributed by atoms with Gasteiger partial charge in [0, 0.05) is 29.7 Å². The summed E-state index contributed by atoms with van der Waals surface area (Å²) < 4.78 is 0.647. The summed E-state index contributed by atoms with van der Waals surface area (Å²) >= 11 is 3.26. The maximum absolute atomic E-state index is 11.7. The molecule has 0 unspecified atom stereocenters. The SMILES string of the molecule is CC(C)C(=O)NCCNC(=O)c1ncccc1Br. The zero-order valence-corrected chi connectivity index (χ0v) is 12.0. The van der Waals surface area contributed by atoms with E-state index in [-0.39, 0.29) is 17.7 Å². The number of pyridine rings is 1. The molecule has 1 aromatic rings. The van der Waals surface area contributed by atoms with Crippen LogP contribution in [0.4, 0.5) is 0 Å². The first-order chi connectivity index (χ1) is 8.52. The number of carbonyl (C=O) groups is 2. The fourth-order valence-corrected chi connectivity index (χ4v) is 1.64. The van der Waals surface area contributed by atoms with Crippen LogP contribution in [0.5, 0.6) is 0 Å². The van der Waals surface area contributed by atoms with Crippen molar-refractivity contribution in [2.75, 3.05) is 13.1 Å². The third-order valence-corrected chi connectivity index (χ3v) is 2.85. The largest absolute Gasteiger partial charge is 0.354 e. The first kappa shape index (κ1) is 14.6. The molecule has 18 heavy (non-hydrogen) atoms. The monoisotopic (exact) mass is 313 g/mol. The summed E-state index contributed by atoms with van der Waals surface area (Å²) in [6.07, 6.45) is 1.56. The van der Waals surface area contributed by atoms with E-state index in [2.05, 4.69) is 31.5 Å². The highest BCUT2D eigenvalue weighted by Crippen LogP contribution is 2.12. The summed E-state index contributed by atoms with van der Waals surface area (Å²) in [4.78, 5) is 27.0. The molecule has 0 radical (unpaired) electrons. The molecule has 0 bridgehead atoms. The summed E-state index contributed by atoms with van der Waals surface area (Å²) in [6.45, 7) is 4.42. The van der Waals surface area contributed by atoms with E-state index in [9.17, 15) is 9.59 Å². The van der Waals surface area contributed by atoms with Crippen LogP contribution in [-0.4, -0.2) is 29.9 Å². The van der Waals surface area contributed by atoms with Crippen LogP contribution in [0.25, 0.3) is 0 Å². The smallest absolute Gasteiger partial charge is 0.271 e. The van der Waals surface area contributed by atoms with Crippen LogP contribution in [0.3, 0.4) is 0 Å². The molecule has 2 amide bonds. The Labute approximate surface area is 114 Å². The standard InChI is InChI=1S/C12H16BrN3O2/c1-8(2)11(17)15-6-7-16-12(18)10-9(13)4-3-5-14-10/h3-5,8H,6-7H2,1-2H3,(H,15,17)(H,16,18). The Kier molecular flexibility index (Phi) is 5.77. The van der Waals surface area contributed by atoms with Crippen molar-refractivity contribution in [3.05, 3.63) is 28.5 Å². The molecule has 0 aliphatic heterocycles. The van der Waals surface area contributed by atoms with Crippen molar-refractivity contribution in [1.29, 1.82) is 0 Å². The Hall–Kier alpha value is -1.43. The first-order valence-electron chi connectivity index (χ1n) is 5.68. The van der Waals surface area contributed by atoms with Crippen molar-refractivity contribution in [3.63, 3.8) is 0 Å². The molecule has 1 aromatic heterocycles. The quantitative estimate of drug-likeness (QED) is 0.806. The zero-order chi connectivity index (χ0) is 13.5. The van der Waals surface area contributed by atoms with Gasteiger partial charge in [-0.25, -0.2) is 4.98 Å². The van der Waals surface area contributed by atoms with Crippen LogP contribution in [0, 0.1) is 5.92 Å². The van der Waals surface area contributed by atoms with Crippen molar-refractivity contribution in [2.45, 2.75) is 13.8 Å². The Bertz CT molecular complexity index is 435. The van der Waals surface area contributed by atoms with Gasteiger partial charge in [0.25, 0.3) is 5.91 Å². The van der Waals surface area contributed by atoms with Crippen molar-refractivity contribution in [2.24, 2.45) is 5.92 Å². The van der Waals surface area contributed by atoms with Gasteiger partial charge in [0.05, 0.1) is 0 Å². The highest BCUT2D eigenvalue weighted by molar-refractivity contribution is 9.10. The molecule has 5 nitrogen and oxygen atoms in total. The number of carbonyl (C=O) groups excluding carboxylic acids is 2. The molecule has 0 aromatic carbocycles. The minimum Gasteiger partial charge on any atom is -0.354 e. The molecule has 1 rings (SSSR count). The van der Waals surface area contributed by atoms with Crippen molar-refractivity contribution in [1.82, 2.24) is 15.6 Å².